The molecule has 7 nitrogen and oxygen atoms in total. The SMILES string of the molecule is CCCCCCn1cc(-c2cccc(Oc3cccc(-c4cn(C)nn4)c3)c2)nn1. The molecule has 0 aliphatic rings. The molecule has 2 aromatic heterocycles. The third kappa shape index (κ3) is 4.92. The summed E-state index contributed by atoms with van der Waals surface area (Å²) in [5.41, 5.74) is 3.61. The molecule has 0 aliphatic carbocycles. The smallest absolute Gasteiger partial charge is 0.128 e. The topological polar surface area (TPSA) is 70.7 Å². The highest BCUT2D eigenvalue weighted by atomic mass is 16.5. The monoisotopic (exact) mass is 402 g/mol. The third-order valence-corrected chi connectivity index (χ3v) is 4.88. The molecule has 0 saturated heterocycles. The predicted molar refractivity (Wildman–Crippen MR) is 116 cm³/mol. The van der Waals surface area contributed by atoms with Gasteiger partial charge in [-0.05, 0) is 30.7 Å². The summed E-state index contributed by atoms with van der Waals surface area (Å²) in [7, 11) is 1.85. The van der Waals surface area contributed by atoms with Gasteiger partial charge in [-0.15, -0.1) is 10.2 Å². The zero-order valence-electron chi connectivity index (χ0n) is 17.4. The fraction of sp³-hybridized carbons (Fsp3) is 0.304. The average Bonchev–Trinajstić information content (AvgIpc) is 3.41. The Morgan fingerprint density at radius 1 is 0.800 bits per heavy atom. The fourth-order valence-corrected chi connectivity index (χ4v) is 3.29. The van der Waals surface area contributed by atoms with Gasteiger partial charge >= 0.3 is 0 Å². The molecule has 0 atom stereocenters. The lowest BCUT2D eigenvalue weighted by Gasteiger charge is -2.08. The lowest BCUT2D eigenvalue weighted by atomic mass is 10.1. The Kier molecular flexibility index (Phi) is 6.17. The number of aromatic nitrogens is 6. The standard InChI is InChI=1S/C23H26N6O/c1-3-4-5-6-13-29-17-23(25-27-29)19-10-8-12-21(15-19)30-20-11-7-9-18(14-20)22-16-28(2)26-24-22/h7-12,14-17H,3-6,13H2,1-2H3. The number of rotatable bonds is 9. The van der Waals surface area contributed by atoms with Crippen LogP contribution < -0.4 is 4.74 Å². The highest BCUT2D eigenvalue weighted by Gasteiger charge is 2.08. The molecule has 0 aliphatic heterocycles. The van der Waals surface area contributed by atoms with Crippen LogP contribution in [0, 0.1) is 0 Å². The van der Waals surface area contributed by atoms with E-state index in [-0.39, 0.29) is 0 Å². The van der Waals surface area contributed by atoms with Gasteiger partial charge in [-0.3, -0.25) is 9.36 Å². The molecular formula is C23H26N6O. The maximum absolute atomic E-state index is 6.10. The van der Waals surface area contributed by atoms with E-state index < -0.39 is 0 Å². The van der Waals surface area contributed by atoms with Crippen molar-refractivity contribution in [2.75, 3.05) is 0 Å². The van der Waals surface area contributed by atoms with Gasteiger partial charge in [0.25, 0.3) is 0 Å². The second-order valence-corrected chi connectivity index (χ2v) is 7.36. The van der Waals surface area contributed by atoms with Crippen molar-refractivity contribution < 1.29 is 4.74 Å². The molecule has 0 bridgehead atoms. The summed E-state index contributed by atoms with van der Waals surface area (Å²) >= 11 is 0. The van der Waals surface area contributed by atoms with E-state index in [9.17, 15) is 0 Å². The van der Waals surface area contributed by atoms with Crippen molar-refractivity contribution in [3.05, 3.63) is 60.9 Å². The van der Waals surface area contributed by atoms with Gasteiger partial charge in [0.2, 0.25) is 0 Å². The first-order valence-electron chi connectivity index (χ1n) is 10.4. The molecule has 2 aromatic carbocycles. The van der Waals surface area contributed by atoms with Crippen molar-refractivity contribution >= 4 is 0 Å². The predicted octanol–water partition coefficient (Wildman–Crippen LogP) is 5.11. The van der Waals surface area contributed by atoms with Gasteiger partial charge in [0.05, 0.1) is 12.4 Å². The molecule has 0 amide bonds. The van der Waals surface area contributed by atoms with Crippen molar-refractivity contribution in [2.24, 2.45) is 7.05 Å². The van der Waals surface area contributed by atoms with Gasteiger partial charge in [0.15, 0.2) is 0 Å². The van der Waals surface area contributed by atoms with Crippen molar-refractivity contribution in [1.29, 1.82) is 0 Å². The van der Waals surface area contributed by atoms with E-state index in [1.165, 1.54) is 19.3 Å². The Morgan fingerprint density at radius 2 is 1.47 bits per heavy atom. The molecule has 0 saturated carbocycles. The number of benzene rings is 2. The van der Waals surface area contributed by atoms with Crippen molar-refractivity contribution in [2.45, 2.75) is 39.2 Å². The Hall–Kier alpha value is -3.48. The number of hydrogen-bond acceptors (Lipinski definition) is 5. The second kappa shape index (κ2) is 9.35. The lowest BCUT2D eigenvalue weighted by Crippen LogP contribution is -1.98. The largest absolute Gasteiger partial charge is 0.457 e. The molecule has 4 rings (SSSR count). The van der Waals surface area contributed by atoms with Crippen LogP contribution in [-0.2, 0) is 13.6 Å². The van der Waals surface area contributed by atoms with E-state index in [1.807, 2.05) is 72.7 Å². The van der Waals surface area contributed by atoms with Crippen molar-refractivity contribution in [1.82, 2.24) is 30.0 Å². The van der Waals surface area contributed by atoms with Gasteiger partial charge < -0.3 is 4.74 Å². The maximum atomic E-state index is 6.10. The number of hydrogen-bond donors (Lipinski definition) is 0. The fourth-order valence-electron chi connectivity index (χ4n) is 3.29. The van der Waals surface area contributed by atoms with Crippen LogP contribution in [0.1, 0.15) is 32.6 Å². The van der Waals surface area contributed by atoms with E-state index in [4.69, 9.17) is 4.74 Å². The van der Waals surface area contributed by atoms with Crippen LogP contribution in [0.25, 0.3) is 22.5 Å². The number of ether oxygens (including phenoxy) is 1. The first-order valence-corrected chi connectivity index (χ1v) is 10.4. The summed E-state index contributed by atoms with van der Waals surface area (Å²) in [4.78, 5) is 0. The Morgan fingerprint density at radius 3 is 2.10 bits per heavy atom. The molecule has 4 aromatic rings. The molecule has 0 spiro atoms. The van der Waals surface area contributed by atoms with E-state index in [2.05, 4.69) is 27.5 Å². The normalized spacial score (nSPS) is 11.0. The van der Waals surface area contributed by atoms with Gasteiger partial charge in [-0.1, -0.05) is 60.9 Å². The lowest BCUT2D eigenvalue weighted by molar-refractivity contribution is 0.483. The van der Waals surface area contributed by atoms with E-state index >= 15 is 0 Å². The van der Waals surface area contributed by atoms with Crippen LogP contribution in [0.5, 0.6) is 11.5 Å². The molecule has 0 fully saturated rings. The van der Waals surface area contributed by atoms with Crippen LogP contribution in [0.15, 0.2) is 60.9 Å². The Labute approximate surface area is 176 Å². The molecule has 30 heavy (non-hydrogen) atoms. The van der Waals surface area contributed by atoms with E-state index in [0.29, 0.717) is 0 Å². The van der Waals surface area contributed by atoms with Crippen LogP contribution in [0.2, 0.25) is 0 Å². The molecule has 2 heterocycles. The second-order valence-electron chi connectivity index (χ2n) is 7.36. The van der Waals surface area contributed by atoms with Crippen molar-refractivity contribution in [3.8, 4) is 34.0 Å². The summed E-state index contributed by atoms with van der Waals surface area (Å²) in [6.45, 7) is 3.12. The molecule has 0 unspecified atom stereocenters. The molecule has 7 heteroatoms. The average molecular weight is 403 g/mol. The summed E-state index contributed by atoms with van der Waals surface area (Å²) in [6.07, 6.45) is 8.73. The number of unbranched alkanes of at least 4 members (excludes halogenated alkanes) is 3. The molecular weight excluding hydrogens is 376 g/mol. The zero-order chi connectivity index (χ0) is 20.8. The number of nitrogens with zero attached hydrogens (tertiary/aromatic N) is 6. The summed E-state index contributed by atoms with van der Waals surface area (Å²) in [5, 5.41) is 16.7. The molecule has 0 N–H and O–H groups in total. The highest BCUT2D eigenvalue weighted by molar-refractivity contribution is 5.62. The first-order chi connectivity index (χ1) is 14.7. The van der Waals surface area contributed by atoms with Crippen LogP contribution >= 0.6 is 0 Å². The van der Waals surface area contributed by atoms with Gasteiger partial charge in [0.1, 0.15) is 22.9 Å². The minimum atomic E-state index is 0.745. The van der Waals surface area contributed by atoms with Crippen LogP contribution in [-0.4, -0.2) is 30.0 Å². The molecule has 0 radical (unpaired) electrons. The van der Waals surface area contributed by atoms with Crippen LogP contribution in [0.4, 0.5) is 0 Å². The van der Waals surface area contributed by atoms with Gasteiger partial charge in [0, 0.05) is 24.7 Å². The minimum Gasteiger partial charge on any atom is -0.457 e. The zero-order valence-corrected chi connectivity index (χ0v) is 17.4. The Balaban J connectivity index is 1.46. The highest BCUT2D eigenvalue weighted by Crippen LogP contribution is 2.29. The van der Waals surface area contributed by atoms with E-state index in [0.717, 1.165) is 47.0 Å². The summed E-state index contributed by atoms with van der Waals surface area (Å²) in [5.74, 6) is 1.50. The Bertz CT molecular complexity index is 1100. The quantitative estimate of drug-likeness (QED) is 0.364. The molecule has 154 valence electrons. The van der Waals surface area contributed by atoms with E-state index in [1.54, 1.807) is 4.68 Å². The summed E-state index contributed by atoms with van der Waals surface area (Å²) < 4.78 is 9.70. The minimum absolute atomic E-state index is 0.745. The first kappa shape index (κ1) is 19.8. The van der Waals surface area contributed by atoms with Crippen molar-refractivity contribution in [3.63, 3.8) is 0 Å². The van der Waals surface area contributed by atoms with Crippen LogP contribution in [0.3, 0.4) is 0 Å². The van der Waals surface area contributed by atoms with Gasteiger partial charge in [-0.25, -0.2) is 0 Å². The maximum Gasteiger partial charge on any atom is 0.128 e. The number of aryl methyl sites for hydroxylation is 2. The third-order valence-electron chi connectivity index (χ3n) is 4.88. The summed E-state index contributed by atoms with van der Waals surface area (Å²) in [6, 6.07) is 15.8. The van der Waals surface area contributed by atoms with Gasteiger partial charge in [-0.2, -0.15) is 0 Å².